The van der Waals surface area contributed by atoms with Crippen molar-refractivity contribution in [1.82, 2.24) is 25.5 Å². The molecule has 0 saturated carbocycles. The van der Waals surface area contributed by atoms with Gasteiger partial charge in [-0.2, -0.15) is 5.10 Å². The Hall–Kier alpha value is -3.42. The second-order valence-electron chi connectivity index (χ2n) is 5.47. The zero-order valence-corrected chi connectivity index (χ0v) is 13.7. The van der Waals surface area contributed by atoms with E-state index < -0.39 is 0 Å². The number of nitrogens with zero attached hydrogens (tertiary/aromatic N) is 2. The Kier molecular flexibility index (Phi) is 4.89. The smallest absolute Gasteiger partial charge is 0.252 e. The zero-order chi connectivity index (χ0) is 17.6. The lowest BCUT2D eigenvalue weighted by Crippen LogP contribution is -2.29. The van der Waals surface area contributed by atoms with Crippen molar-refractivity contribution in [3.05, 3.63) is 64.2 Å². The van der Waals surface area contributed by atoms with E-state index in [1.807, 2.05) is 18.2 Å². The molecule has 0 saturated heterocycles. The van der Waals surface area contributed by atoms with Gasteiger partial charge in [0.15, 0.2) is 0 Å². The van der Waals surface area contributed by atoms with E-state index in [0.717, 1.165) is 11.3 Å². The molecule has 0 unspecified atom stereocenters. The Morgan fingerprint density at radius 2 is 1.96 bits per heavy atom. The molecular weight excluding hydrogens is 320 g/mol. The lowest BCUT2D eigenvalue weighted by atomic mass is 10.1. The third-order valence-electron chi connectivity index (χ3n) is 3.53. The van der Waals surface area contributed by atoms with Crippen molar-refractivity contribution in [3.8, 4) is 11.3 Å². The molecule has 4 N–H and O–H groups in total. The summed E-state index contributed by atoms with van der Waals surface area (Å²) in [4.78, 5) is 30.2. The average Bonchev–Trinajstić information content (AvgIpc) is 3.12. The van der Waals surface area contributed by atoms with Gasteiger partial charge in [0.25, 0.3) is 11.5 Å². The first-order valence-electron chi connectivity index (χ1n) is 7.82. The summed E-state index contributed by atoms with van der Waals surface area (Å²) in [6.45, 7) is 2.60. The number of hydrogen-bond acceptors (Lipinski definition) is 5. The third-order valence-corrected chi connectivity index (χ3v) is 3.53. The number of hydrogen-bond donors (Lipinski definition) is 4. The summed E-state index contributed by atoms with van der Waals surface area (Å²) < 4.78 is 0. The minimum absolute atomic E-state index is 0.163. The number of carbonyl (C=O) groups excluding carboxylic acids is 1. The fourth-order valence-electron chi connectivity index (χ4n) is 2.34. The van der Waals surface area contributed by atoms with E-state index in [1.54, 1.807) is 25.3 Å². The number of anilines is 1. The SMILES string of the molecule is Cc1cc(=O)[nH]c(NCCNC(=O)c2ccc(-c3ccn[nH]3)cc2)n1. The second-order valence-corrected chi connectivity index (χ2v) is 5.47. The highest BCUT2D eigenvalue weighted by atomic mass is 16.1. The molecule has 0 radical (unpaired) electrons. The van der Waals surface area contributed by atoms with E-state index in [4.69, 9.17) is 0 Å². The van der Waals surface area contributed by atoms with E-state index in [-0.39, 0.29) is 11.5 Å². The third kappa shape index (κ3) is 4.31. The standard InChI is InChI=1S/C17H18N6O2/c1-11-10-15(24)22-17(21-11)19-9-8-18-16(25)13-4-2-12(3-5-13)14-6-7-20-23-14/h2-7,10H,8-9H2,1H3,(H,18,25)(H,20,23)(H2,19,21,22,24). The largest absolute Gasteiger partial charge is 0.354 e. The van der Waals surface area contributed by atoms with Gasteiger partial charge < -0.3 is 10.6 Å². The average molecular weight is 338 g/mol. The second kappa shape index (κ2) is 7.43. The van der Waals surface area contributed by atoms with Crippen molar-refractivity contribution in [1.29, 1.82) is 0 Å². The molecule has 0 spiro atoms. The van der Waals surface area contributed by atoms with Crippen LogP contribution in [0.25, 0.3) is 11.3 Å². The van der Waals surface area contributed by atoms with E-state index in [9.17, 15) is 9.59 Å². The van der Waals surface area contributed by atoms with Crippen LogP contribution in [0.2, 0.25) is 0 Å². The van der Waals surface area contributed by atoms with Crippen molar-refractivity contribution in [2.45, 2.75) is 6.92 Å². The summed E-state index contributed by atoms with van der Waals surface area (Å²) >= 11 is 0. The van der Waals surface area contributed by atoms with Gasteiger partial charge in [-0.05, 0) is 30.7 Å². The number of carbonyl (C=O) groups is 1. The predicted octanol–water partition coefficient (Wildman–Crippen LogP) is 1.31. The summed E-state index contributed by atoms with van der Waals surface area (Å²) in [7, 11) is 0. The molecule has 25 heavy (non-hydrogen) atoms. The van der Waals surface area contributed by atoms with Crippen LogP contribution in [-0.2, 0) is 0 Å². The number of H-pyrrole nitrogens is 2. The monoisotopic (exact) mass is 338 g/mol. The maximum atomic E-state index is 12.1. The summed E-state index contributed by atoms with van der Waals surface area (Å²) in [6, 6.07) is 10.5. The number of amides is 1. The molecular formula is C17H18N6O2. The lowest BCUT2D eigenvalue weighted by Gasteiger charge is -2.08. The molecule has 8 nitrogen and oxygen atoms in total. The topological polar surface area (TPSA) is 116 Å². The number of rotatable bonds is 6. The molecule has 128 valence electrons. The van der Waals surface area contributed by atoms with Gasteiger partial charge >= 0.3 is 0 Å². The molecule has 0 aliphatic heterocycles. The normalized spacial score (nSPS) is 10.4. The molecule has 1 aromatic carbocycles. The maximum absolute atomic E-state index is 12.1. The molecule has 0 atom stereocenters. The van der Waals surface area contributed by atoms with Crippen LogP contribution >= 0.6 is 0 Å². The van der Waals surface area contributed by atoms with Gasteiger partial charge in [-0.15, -0.1) is 0 Å². The Balaban J connectivity index is 1.50. The van der Waals surface area contributed by atoms with E-state index in [0.29, 0.717) is 30.3 Å². The van der Waals surface area contributed by atoms with E-state index in [2.05, 4.69) is 30.8 Å². The summed E-state index contributed by atoms with van der Waals surface area (Å²) in [6.07, 6.45) is 1.68. The molecule has 0 aliphatic carbocycles. The Morgan fingerprint density at radius 3 is 2.64 bits per heavy atom. The van der Waals surface area contributed by atoms with E-state index in [1.165, 1.54) is 6.07 Å². The number of aryl methyl sites for hydroxylation is 1. The van der Waals surface area contributed by atoms with Crippen molar-refractivity contribution >= 4 is 11.9 Å². The highest BCUT2D eigenvalue weighted by molar-refractivity contribution is 5.94. The molecule has 0 aliphatic rings. The predicted molar refractivity (Wildman–Crippen MR) is 94.4 cm³/mol. The van der Waals surface area contributed by atoms with Gasteiger partial charge in [0, 0.05) is 36.6 Å². The van der Waals surface area contributed by atoms with Crippen LogP contribution in [0.1, 0.15) is 16.1 Å². The number of benzene rings is 1. The van der Waals surface area contributed by atoms with Crippen LogP contribution in [0.15, 0.2) is 47.4 Å². The van der Waals surface area contributed by atoms with Gasteiger partial charge in [0.2, 0.25) is 5.95 Å². The van der Waals surface area contributed by atoms with E-state index >= 15 is 0 Å². The fourth-order valence-corrected chi connectivity index (χ4v) is 2.34. The van der Waals surface area contributed by atoms with Crippen molar-refractivity contribution in [2.24, 2.45) is 0 Å². The maximum Gasteiger partial charge on any atom is 0.252 e. The fraction of sp³-hybridized carbons (Fsp3) is 0.176. The molecule has 2 aromatic heterocycles. The van der Waals surface area contributed by atoms with Crippen molar-refractivity contribution in [2.75, 3.05) is 18.4 Å². The van der Waals surface area contributed by atoms with Crippen LogP contribution in [-0.4, -0.2) is 39.2 Å². The van der Waals surface area contributed by atoms with Gasteiger partial charge in [-0.25, -0.2) is 4.98 Å². The molecule has 0 fully saturated rings. The Bertz CT molecular complexity index is 900. The summed E-state index contributed by atoms with van der Waals surface area (Å²) in [5.41, 5.74) is 2.86. The van der Waals surface area contributed by atoms with Crippen LogP contribution in [0.4, 0.5) is 5.95 Å². The first-order valence-corrected chi connectivity index (χ1v) is 7.82. The van der Waals surface area contributed by atoms with Crippen molar-refractivity contribution in [3.63, 3.8) is 0 Å². The number of aromatic nitrogens is 4. The summed E-state index contributed by atoms with van der Waals surface area (Å²) in [5.74, 6) is 0.229. The molecule has 2 heterocycles. The van der Waals surface area contributed by atoms with Gasteiger partial charge in [0.05, 0.1) is 5.69 Å². The lowest BCUT2D eigenvalue weighted by molar-refractivity contribution is 0.0955. The zero-order valence-electron chi connectivity index (χ0n) is 13.7. The van der Waals surface area contributed by atoms with Crippen LogP contribution < -0.4 is 16.2 Å². The van der Waals surface area contributed by atoms with Crippen LogP contribution in [0.3, 0.4) is 0 Å². The summed E-state index contributed by atoms with van der Waals surface area (Å²) in [5, 5.41) is 12.6. The Labute approximate surface area is 143 Å². The molecule has 3 aromatic rings. The minimum atomic E-state index is -0.212. The minimum Gasteiger partial charge on any atom is -0.354 e. The molecule has 8 heteroatoms. The highest BCUT2D eigenvalue weighted by Crippen LogP contribution is 2.16. The number of nitrogens with one attached hydrogen (secondary N) is 4. The first-order chi connectivity index (χ1) is 12.1. The van der Waals surface area contributed by atoms with Gasteiger partial charge in [-0.1, -0.05) is 12.1 Å². The van der Waals surface area contributed by atoms with Gasteiger partial charge in [0.1, 0.15) is 0 Å². The molecule has 1 amide bonds. The highest BCUT2D eigenvalue weighted by Gasteiger charge is 2.06. The van der Waals surface area contributed by atoms with Gasteiger partial charge in [-0.3, -0.25) is 19.7 Å². The first kappa shape index (κ1) is 16.4. The molecule has 3 rings (SSSR count). The Morgan fingerprint density at radius 1 is 1.16 bits per heavy atom. The molecule has 0 bridgehead atoms. The quantitative estimate of drug-likeness (QED) is 0.506. The van der Waals surface area contributed by atoms with Crippen molar-refractivity contribution < 1.29 is 4.79 Å². The number of aromatic amines is 2. The van der Waals surface area contributed by atoms with Crippen LogP contribution in [0.5, 0.6) is 0 Å². The van der Waals surface area contributed by atoms with Crippen LogP contribution in [0, 0.1) is 6.92 Å².